The Morgan fingerprint density at radius 3 is 2.74 bits per heavy atom. The van der Waals surface area contributed by atoms with Crippen LogP contribution in [-0.2, 0) is 6.54 Å². The first-order chi connectivity index (χ1) is 9.21. The predicted octanol–water partition coefficient (Wildman–Crippen LogP) is 2.72. The van der Waals surface area contributed by atoms with Gasteiger partial charge in [-0.2, -0.15) is 0 Å². The summed E-state index contributed by atoms with van der Waals surface area (Å²) >= 11 is 6.37. The second-order valence-corrected chi connectivity index (χ2v) is 5.47. The number of para-hydroxylation sites is 1. The van der Waals surface area contributed by atoms with Gasteiger partial charge in [-0.25, -0.2) is 0 Å². The number of anilines is 1. The van der Waals surface area contributed by atoms with Gasteiger partial charge in [0, 0.05) is 25.7 Å². The highest BCUT2D eigenvalue weighted by molar-refractivity contribution is 6.33. The van der Waals surface area contributed by atoms with Crippen LogP contribution in [0, 0.1) is 0 Å². The van der Waals surface area contributed by atoms with E-state index in [4.69, 9.17) is 17.3 Å². The summed E-state index contributed by atoms with van der Waals surface area (Å²) in [6, 6.07) is 6.65. The molecule has 0 saturated carbocycles. The second kappa shape index (κ2) is 6.60. The normalized spacial score (nSPS) is 19.4. The van der Waals surface area contributed by atoms with Crippen molar-refractivity contribution in [2.24, 2.45) is 5.73 Å². The molecule has 1 aliphatic heterocycles. The smallest absolute Gasteiger partial charge is 0.0642 e. The quantitative estimate of drug-likeness (QED) is 0.901. The van der Waals surface area contributed by atoms with E-state index < -0.39 is 0 Å². The minimum absolute atomic E-state index is 0.544. The molecule has 4 heteroatoms. The second-order valence-electron chi connectivity index (χ2n) is 5.06. The molecule has 0 aliphatic carbocycles. The van der Waals surface area contributed by atoms with Crippen molar-refractivity contribution >= 4 is 17.3 Å². The standard InChI is InChI=1S/C15H24ClN3/c1-3-18(4-2)13-8-9-19(11-13)15-12(10-17)6-5-7-14(15)16/h5-7,13H,3-4,8-11,17H2,1-2H3. The monoisotopic (exact) mass is 281 g/mol. The zero-order chi connectivity index (χ0) is 13.8. The van der Waals surface area contributed by atoms with Gasteiger partial charge in [0.05, 0.1) is 10.7 Å². The fraction of sp³-hybridized carbons (Fsp3) is 0.600. The van der Waals surface area contributed by atoms with E-state index in [2.05, 4.69) is 29.7 Å². The Morgan fingerprint density at radius 1 is 1.37 bits per heavy atom. The number of nitrogens with two attached hydrogens (primary N) is 1. The number of benzene rings is 1. The first-order valence-corrected chi connectivity index (χ1v) is 7.55. The van der Waals surface area contributed by atoms with E-state index in [0.29, 0.717) is 12.6 Å². The molecule has 1 fully saturated rings. The van der Waals surface area contributed by atoms with Crippen LogP contribution in [0.5, 0.6) is 0 Å². The number of halogens is 1. The summed E-state index contributed by atoms with van der Waals surface area (Å²) < 4.78 is 0. The average Bonchev–Trinajstić information content (AvgIpc) is 2.89. The highest BCUT2D eigenvalue weighted by Gasteiger charge is 2.28. The molecule has 1 atom stereocenters. The molecule has 1 aliphatic rings. The molecule has 1 heterocycles. The van der Waals surface area contributed by atoms with E-state index in [1.54, 1.807) is 0 Å². The maximum absolute atomic E-state index is 6.37. The fourth-order valence-corrected chi connectivity index (χ4v) is 3.38. The molecule has 0 aromatic heterocycles. The third kappa shape index (κ3) is 3.04. The van der Waals surface area contributed by atoms with Crippen LogP contribution < -0.4 is 10.6 Å². The van der Waals surface area contributed by atoms with E-state index >= 15 is 0 Å². The number of likely N-dealkylation sites (N-methyl/N-ethyl adjacent to an activating group) is 1. The topological polar surface area (TPSA) is 32.5 Å². The van der Waals surface area contributed by atoms with Crippen molar-refractivity contribution in [2.45, 2.75) is 32.9 Å². The molecule has 1 aromatic carbocycles. The van der Waals surface area contributed by atoms with Crippen molar-refractivity contribution in [1.29, 1.82) is 0 Å². The molecule has 0 radical (unpaired) electrons. The Kier molecular flexibility index (Phi) is 5.08. The van der Waals surface area contributed by atoms with Gasteiger partial charge in [-0.15, -0.1) is 0 Å². The Balaban J connectivity index is 2.17. The molecular formula is C15H24ClN3. The van der Waals surface area contributed by atoms with Gasteiger partial charge in [0.1, 0.15) is 0 Å². The molecule has 1 saturated heterocycles. The number of nitrogens with zero attached hydrogens (tertiary/aromatic N) is 2. The van der Waals surface area contributed by atoms with E-state index in [1.165, 1.54) is 6.42 Å². The molecule has 0 amide bonds. The molecular weight excluding hydrogens is 258 g/mol. The Labute approximate surface area is 121 Å². The van der Waals surface area contributed by atoms with Crippen molar-refractivity contribution < 1.29 is 0 Å². The highest BCUT2D eigenvalue weighted by atomic mass is 35.5. The highest BCUT2D eigenvalue weighted by Crippen LogP contribution is 2.33. The van der Waals surface area contributed by atoms with E-state index in [9.17, 15) is 0 Å². The largest absolute Gasteiger partial charge is 0.368 e. The van der Waals surface area contributed by atoms with Crippen molar-refractivity contribution in [2.75, 3.05) is 31.1 Å². The van der Waals surface area contributed by atoms with Gasteiger partial charge in [-0.05, 0) is 31.1 Å². The van der Waals surface area contributed by atoms with Crippen molar-refractivity contribution in [3.63, 3.8) is 0 Å². The fourth-order valence-electron chi connectivity index (χ4n) is 3.06. The molecule has 3 nitrogen and oxygen atoms in total. The van der Waals surface area contributed by atoms with Crippen LogP contribution in [0.2, 0.25) is 5.02 Å². The molecule has 2 rings (SSSR count). The molecule has 0 spiro atoms. The average molecular weight is 282 g/mol. The summed E-state index contributed by atoms with van der Waals surface area (Å²) in [7, 11) is 0. The third-order valence-corrected chi connectivity index (χ3v) is 4.40. The first-order valence-electron chi connectivity index (χ1n) is 7.17. The minimum atomic E-state index is 0.544. The lowest BCUT2D eigenvalue weighted by atomic mass is 10.1. The Morgan fingerprint density at radius 2 is 2.11 bits per heavy atom. The molecule has 0 bridgehead atoms. The van der Waals surface area contributed by atoms with Crippen LogP contribution >= 0.6 is 11.6 Å². The van der Waals surface area contributed by atoms with Crippen LogP contribution in [0.25, 0.3) is 0 Å². The Bertz CT molecular complexity index is 418. The summed E-state index contributed by atoms with van der Waals surface area (Å²) in [6.45, 7) is 9.35. The zero-order valence-corrected chi connectivity index (χ0v) is 12.7. The molecule has 1 aromatic rings. The van der Waals surface area contributed by atoms with Crippen LogP contribution in [0.4, 0.5) is 5.69 Å². The SMILES string of the molecule is CCN(CC)C1CCN(c2c(Cl)cccc2CN)C1. The maximum atomic E-state index is 6.37. The molecule has 1 unspecified atom stereocenters. The number of hydrogen-bond acceptors (Lipinski definition) is 3. The van der Waals surface area contributed by atoms with Gasteiger partial charge in [0.2, 0.25) is 0 Å². The lowest BCUT2D eigenvalue weighted by Crippen LogP contribution is -2.37. The summed E-state index contributed by atoms with van der Waals surface area (Å²) in [6.07, 6.45) is 1.21. The lowest BCUT2D eigenvalue weighted by Gasteiger charge is -2.27. The zero-order valence-electron chi connectivity index (χ0n) is 11.9. The summed E-state index contributed by atoms with van der Waals surface area (Å²) in [5.74, 6) is 0. The Hall–Kier alpha value is -0.770. The van der Waals surface area contributed by atoms with E-state index in [0.717, 1.165) is 42.5 Å². The van der Waals surface area contributed by atoms with E-state index in [1.807, 2.05) is 12.1 Å². The predicted molar refractivity (Wildman–Crippen MR) is 82.9 cm³/mol. The number of rotatable bonds is 5. The van der Waals surface area contributed by atoms with Gasteiger partial charge in [0.25, 0.3) is 0 Å². The first kappa shape index (κ1) is 14.6. The molecule has 19 heavy (non-hydrogen) atoms. The van der Waals surface area contributed by atoms with Crippen molar-refractivity contribution in [1.82, 2.24) is 4.90 Å². The van der Waals surface area contributed by atoms with Crippen LogP contribution in [0.15, 0.2) is 18.2 Å². The van der Waals surface area contributed by atoms with Gasteiger partial charge in [0.15, 0.2) is 0 Å². The van der Waals surface area contributed by atoms with Crippen LogP contribution in [0.1, 0.15) is 25.8 Å². The van der Waals surface area contributed by atoms with Crippen LogP contribution in [-0.4, -0.2) is 37.1 Å². The summed E-state index contributed by atoms with van der Waals surface area (Å²) in [5, 5.41) is 0.822. The van der Waals surface area contributed by atoms with Crippen molar-refractivity contribution in [3.05, 3.63) is 28.8 Å². The van der Waals surface area contributed by atoms with Gasteiger partial charge < -0.3 is 10.6 Å². The molecule has 106 valence electrons. The van der Waals surface area contributed by atoms with Crippen LogP contribution in [0.3, 0.4) is 0 Å². The maximum Gasteiger partial charge on any atom is 0.0642 e. The summed E-state index contributed by atoms with van der Waals surface area (Å²) in [5.41, 5.74) is 8.12. The third-order valence-electron chi connectivity index (χ3n) is 4.10. The van der Waals surface area contributed by atoms with E-state index in [-0.39, 0.29) is 0 Å². The lowest BCUT2D eigenvalue weighted by molar-refractivity contribution is 0.232. The van der Waals surface area contributed by atoms with Gasteiger partial charge in [-0.1, -0.05) is 37.6 Å². The summed E-state index contributed by atoms with van der Waals surface area (Å²) in [4.78, 5) is 4.92. The number of hydrogen-bond donors (Lipinski definition) is 1. The van der Waals surface area contributed by atoms with Gasteiger partial charge >= 0.3 is 0 Å². The minimum Gasteiger partial charge on any atom is -0.368 e. The van der Waals surface area contributed by atoms with Gasteiger partial charge in [-0.3, -0.25) is 4.90 Å². The molecule has 2 N–H and O–H groups in total. The van der Waals surface area contributed by atoms with Crippen molar-refractivity contribution in [3.8, 4) is 0 Å².